The van der Waals surface area contributed by atoms with Gasteiger partial charge in [-0.1, -0.05) is 69.5 Å². The number of hydrogen-bond donors (Lipinski definition) is 0. The molecule has 4 heteroatoms. The van der Waals surface area contributed by atoms with E-state index in [1.54, 1.807) is 7.11 Å². The first-order chi connectivity index (χ1) is 15.6. The zero-order valence-electron chi connectivity index (χ0n) is 19.7. The summed E-state index contributed by atoms with van der Waals surface area (Å²) < 4.78 is 14.0. The molecule has 2 aromatic rings. The Balaban J connectivity index is 1.51. The van der Waals surface area contributed by atoms with Crippen LogP contribution in [0.2, 0.25) is 0 Å². The highest BCUT2D eigenvalue weighted by Crippen LogP contribution is 2.41. The number of unbranched alkanes of at least 4 members (excludes halogenated alkanes) is 2. The van der Waals surface area contributed by atoms with Gasteiger partial charge < -0.3 is 9.47 Å². The maximum atomic E-state index is 13.7. The maximum absolute atomic E-state index is 13.7. The molecule has 1 aliphatic heterocycles. The van der Waals surface area contributed by atoms with E-state index in [0.717, 1.165) is 62.8 Å². The van der Waals surface area contributed by atoms with Crippen molar-refractivity contribution in [3.05, 3.63) is 60.2 Å². The van der Waals surface area contributed by atoms with Crippen molar-refractivity contribution in [3.63, 3.8) is 0 Å². The standard InChI is InChI=1S/C28H36NO3/c1-4-6-10-17-28(5-2,21-12-8-7-9-13-21)27(30)32-26-20-25-24(26)16-18-29(25)22-14-11-15-23(19-22)31-3/h7-9,11-15,19,24,26H,4-6,10,16-18,20H2,1-3H3/q+1. The van der Waals surface area contributed by atoms with Gasteiger partial charge in [0.2, 0.25) is 5.69 Å². The van der Waals surface area contributed by atoms with E-state index in [-0.39, 0.29) is 12.1 Å². The van der Waals surface area contributed by atoms with Crippen molar-refractivity contribution in [2.75, 3.05) is 13.7 Å². The molecule has 0 bridgehead atoms. The van der Waals surface area contributed by atoms with Crippen LogP contribution in [0.15, 0.2) is 54.6 Å². The molecule has 3 atom stereocenters. The zero-order valence-corrected chi connectivity index (χ0v) is 19.7. The number of ether oxygens (including phenoxy) is 2. The summed E-state index contributed by atoms with van der Waals surface area (Å²) in [6.07, 6.45) is 6.81. The van der Waals surface area contributed by atoms with E-state index in [1.165, 1.54) is 11.4 Å². The monoisotopic (exact) mass is 434 g/mol. The van der Waals surface area contributed by atoms with Crippen LogP contribution in [0.5, 0.6) is 5.75 Å². The first-order valence-corrected chi connectivity index (χ1v) is 12.2. The van der Waals surface area contributed by atoms with Crippen LogP contribution in [0.1, 0.15) is 64.4 Å². The van der Waals surface area contributed by atoms with E-state index in [2.05, 4.69) is 42.7 Å². The zero-order chi connectivity index (χ0) is 22.6. The molecule has 4 rings (SSSR count). The number of esters is 1. The Labute approximate surface area is 192 Å². The van der Waals surface area contributed by atoms with Crippen molar-refractivity contribution in [2.45, 2.75) is 70.3 Å². The van der Waals surface area contributed by atoms with Crippen LogP contribution in [0.4, 0.5) is 5.69 Å². The molecule has 0 amide bonds. The minimum Gasteiger partial charge on any atom is -0.497 e. The first kappa shape index (κ1) is 22.6. The number of nitrogens with zero attached hydrogens (tertiary/aromatic N) is 1. The molecule has 1 heterocycles. The van der Waals surface area contributed by atoms with E-state index in [0.29, 0.717) is 5.92 Å². The SMILES string of the molecule is CCCCCC(CC)(C(=O)OC1CC2=[N+](c3cccc(OC)c3)CCC21)c1ccccc1. The summed E-state index contributed by atoms with van der Waals surface area (Å²) in [5.41, 5.74) is 3.11. The van der Waals surface area contributed by atoms with Crippen molar-refractivity contribution in [2.24, 2.45) is 5.92 Å². The quantitative estimate of drug-likeness (QED) is 0.260. The van der Waals surface area contributed by atoms with Gasteiger partial charge in [-0.15, -0.1) is 0 Å². The largest absolute Gasteiger partial charge is 0.497 e. The molecule has 32 heavy (non-hydrogen) atoms. The highest BCUT2D eigenvalue weighted by Gasteiger charge is 2.53. The number of rotatable bonds is 10. The molecule has 0 N–H and O–H groups in total. The van der Waals surface area contributed by atoms with Crippen molar-refractivity contribution in [3.8, 4) is 5.75 Å². The highest BCUT2D eigenvalue weighted by atomic mass is 16.5. The predicted octanol–water partition coefficient (Wildman–Crippen LogP) is 6.04. The molecular formula is C28H36NO3+. The Morgan fingerprint density at radius 2 is 1.91 bits per heavy atom. The normalized spacial score (nSPS) is 21.5. The number of carbonyl (C=O) groups excluding carboxylic acids is 1. The topological polar surface area (TPSA) is 38.5 Å². The van der Waals surface area contributed by atoms with Crippen LogP contribution < -0.4 is 4.74 Å². The number of methoxy groups -OCH3 is 1. The molecule has 0 saturated heterocycles. The molecule has 170 valence electrons. The summed E-state index contributed by atoms with van der Waals surface area (Å²) >= 11 is 0. The van der Waals surface area contributed by atoms with Crippen LogP contribution in [0.3, 0.4) is 0 Å². The van der Waals surface area contributed by atoms with Gasteiger partial charge >= 0.3 is 5.97 Å². The van der Waals surface area contributed by atoms with E-state index < -0.39 is 5.41 Å². The van der Waals surface area contributed by atoms with Gasteiger partial charge in [0.1, 0.15) is 18.4 Å². The van der Waals surface area contributed by atoms with Crippen LogP contribution in [0, 0.1) is 5.92 Å². The van der Waals surface area contributed by atoms with Gasteiger partial charge in [0.25, 0.3) is 0 Å². The third kappa shape index (κ3) is 4.20. The summed E-state index contributed by atoms with van der Waals surface area (Å²) in [5, 5.41) is 0. The molecule has 1 saturated carbocycles. The van der Waals surface area contributed by atoms with Crippen molar-refractivity contribution < 1.29 is 18.8 Å². The van der Waals surface area contributed by atoms with E-state index in [9.17, 15) is 4.79 Å². The molecule has 0 spiro atoms. The van der Waals surface area contributed by atoms with Crippen molar-refractivity contribution in [1.82, 2.24) is 0 Å². The van der Waals surface area contributed by atoms with Gasteiger partial charge in [-0.3, -0.25) is 4.79 Å². The first-order valence-electron chi connectivity index (χ1n) is 12.2. The minimum atomic E-state index is -0.544. The van der Waals surface area contributed by atoms with Gasteiger partial charge in [0, 0.05) is 12.5 Å². The maximum Gasteiger partial charge on any atom is 0.316 e. The summed E-state index contributed by atoms with van der Waals surface area (Å²) in [7, 11) is 1.70. The van der Waals surface area contributed by atoms with Gasteiger partial charge in [0.15, 0.2) is 5.71 Å². The van der Waals surface area contributed by atoms with Gasteiger partial charge in [0.05, 0.1) is 30.9 Å². The number of benzene rings is 2. The average molecular weight is 435 g/mol. The Morgan fingerprint density at radius 1 is 1.09 bits per heavy atom. The van der Waals surface area contributed by atoms with Crippen molar-refractivity contribution >= 4 is 17.4 Å². The van der Waals surface area contributed by atoms with Crippen LogP contribution in [-0.2, 0) is 14.9 Å². The Hall–Kier alpha value is -2.62. The number of carbonyl (C=O) groups is 1. The van der Waals surface area contributed by atoms with Crippen LogP contribution in [0.25, 0.3) is 0 Å². The van der Waals surface area contributed by atoms with E-state index >= 15 is 0 Å². The average Bonchev–Trinajstić information content (AvgIpc) is 3.17. The third-order valence-corrected chi connectivity index (χ3v) is 7.45. The molecule has 4 nitrogen and oxygen atoms in total. The lowest BCUT2D eigenvalue weighted by Gasteiger charge is -2.37. The predicted molar refractivity (Wildman–Crippen MR) is 128 cm³/mol. The summed E-state index contributed by atoms with van der Waals surface area (Å²) in [6.45, 7) is 5.29. The fraction of sp³-hybridized carbons (Fsp3) is 0.500. The second-order valence-corrected chi connectivity index (χ2v) is 9.15. The summed E-state index contributed by atoms with van der Waals surface area (Å²) in [6, 6.07) is 18.5. The van der Waals surface area contributed by atoms with Crippen LogP contribution in [-0.4, -0.2) is 36.0 Å². The lowest BCUT2D eigenvalue weighted by molar-refractivity contribution is -0.433. The Bertz CT molecular complexity index is 968. The molecule has 1 fully saturated rings. The second-order valence-electron chi connectivity index (χ2n) is 9.15. The number of fused-ring (bicyclic) bond motifs is 1. The fourth-order valence-electron chi connectivity index (χ4n) is 5.40. The van der Waals surface area contributed by atoms with E-state index in [1.807, 2.05) is 30.3 Å². The Kier molecular flexibility index (Phi) is 6.98. The molecular weight excluding hydrogens is 398 g/mol. The summed E-state index contributed by atoms with van der Waals surface area (Å²) in [5.74, 6) is 1.17. The minimum absolute atomic E-state index is 0.00563. The van der Waals surface area contributed by atoms with E-state index in [4.69, 9.17) is 9.47 Å². The molecule has 0 aromatic heterocycles. The third-order valence-electron chi connectivity index (χ3n) is 7.45. The van der Waals surface area contributed by atoms with Crippen LogP contribution >= 0.6 is 0 Å². The highest BCUT2D eigenvalue weighted by molar-refractivity contribution is 5.92. The molecule has 0 radical (unpaired) electrons. The smallest absolute Gasteiger partial charge is 0.316 e. The lowest BCUT2D eigenvalue weighted by Crippen LogP contribution is -2.48. The molecule has 2 aliphatic rings. The number of hydrogen-bond acceptors (Lipinski definition) is 3. The second kappa shape index (κ2) is 9.89. The molecule has 3 unspecified atom stereocenters. The molecule has 1 aliphatic carbocycles. The van der Waals surface area contributed by atoms with Crippen molar-refractivity contribution in [1.29, 1.82) is 0 Å². The summed E-state index contributed by atoms with van der Waals surface area (Å²) in [4.78, 5) is 13.7. The lowest BCUT2D eigenvalue weighted by atomic mass is 9.73. The Morgan fingerprint density at radius 3 is 2.62 bits per heavy atom. The van der Waals surface area contributed by atoms with Gasteiger partial charge in [-0.05, 0) is 24.5 Å². The fourth-order valence-corrected chi connectivity index (χ4v) is 5.40. The van der Waals surface area contributed by atoms with Gasteiger partial charge in [-0.25, -0.2) is 0 Å². The molecule has 2 aromatic carbocycles. The van der Waals surface area contributed by atoms with Gasteiger partial charge in [-0.2, -0.15) is 4.58 Å².